The average molecular weight is 358 g/mol. The van der Waals surface area contributed by atoms with Gasteiger partial charge in [-0.1, -0.05) is 42.0 Å². The zero-order chi connectivity index (χ0) is 18.2. The van der Waals surface area contributed by atoms with E-state index in [1.54, 1.807) is 38.4 Å². The Kier molecular flexibility index (Phi) is 4.67. The molecule has 0 fully saturated rings. The number of fused-ring (bicyclic) bond motifs is 1. The average Bonchev–Trinajstić information content (AvgIpc) is 2.60. The molecule has 132 valence electrons. The maximum absolute atomic E-state index is 13.2. The number of aryl methyl sites for hydroxylation is 1. The van der Waals surface area contributed by atoms with Crippen LogP contribution in [-0.4, -0.2) is 43.7 Å². The molecule has 25 heavy (non-hydrogen) atoms. The molecule has 1 heterocycles. The van der Waals surface area contributed by atoms with Crippen LogP contribution >= 0.6 is 0 Å². The highest BCUT2D eigenvalue weighted by molar-refractivity contribution is 7.89. The number of sulfonamides is 1. The van der Waals surface area contributed by atoms with Crippen LogP contribution < -0.4 is 0 Å². The van der Waals surface area contributed by atoms with Crippen LogP contribution in [0.5, 0.6) is 0 Å². The second-order valence-corrected chi connectivity index (χ2v) is 8.48. The SMILES string of the molecule is Cc1ccc(S(=O)(=O)N2Cc3ccccc3CC2C(=O)N(C)C)cc1. The van der Waals surface area contributed by atoms with Gasteiger partial charge in [-0.25, -0.2) is 8.42 Å². The topological polar surface area (TPSA) is 57.7 Å². The van der Waals surface area contributed by atoms with Gasteiger partial charge in [0.2, 0.25) is 15.9 Å². The van der Waals surface area contributed by atoms with Gasteiger partial charge in [0, 0.05) is 20.6 Å². The maximum atomic E-state index is 13.2. The first-order valence-electron chi connectivity index (χ1n) is 8.17. The molecule has 2 aromatic carbocycles. The Hall–Kier alpha value is -2.18. The number of benzene rings is 2. The van der Waals surface area contributed by atoms with Crippen molar-refractivity contribution >= 4 is 15.9 Å². The third kappa shape index (κ3) is 3.32. The van der Waals surface area contributed by atoms with Crippen molar-refractivity contribution in [3.05, 3.63) is 65.2 Å². The number of hydrogen-bond acceptors (Lipinski definition) is 3. The predicted octanol–water partition coefficient (Wildman–Crippen LogP) is 2.20. The van der Waals surface area contributed by atoms with E-state index in [2.05, 4.69) is 0 Å². The van der Waals surface area contributed by atoms with Gasteiger partial charge in [-0.3, -0.25) is 4.79 Å². The van der Waals surface area contributed by atoms with Gasteiger partial charge in [0.1, 0.15) is 6.04 Å². The lowest BCUT2D eigenvalue weighted by atomic mass is 9.95. The summed E-state index contributed by atoms with van der Waals surface area (Å²) in [6.45, 7) is 2.11. The van der Waals surface area contributed by atoms with E-state index in [0.29, 0.717) is 6.42 Å². The molecular weight excluding hydrogens is 336 g/mol. The largest absolute Gasteiger partial charge is 0.347 e. The number of hydrogen-bond donors (Lipinski definition) is 0. The van der Waals surface area contributed by atoms with Gasteiger partial charge in [0.25, 0.3) is 0 Å². The number of carbonyl (C=O) groups is 1. The molecule has 6 heteroatoms. The summed E-state index contributed by atoms with van der Waals surface area (Å²) in [5.41, 5.74) is 2.96. The van der Waals surface area contributed by atoms with E-state index in [-0.39, 0.29) is 17.3 Å². The minimum atomic E-state index is -3.76. The van der Waals surface area contributed by atoms with Crippen molar-refractivity contribution in [2.24, 2.45) is 0 Å². The number of rotatable bonds is 3. The Morgan fingerprint density at radius 1 is 1.04 bits per heavy atom. The van der Waals surface area contributed by atoms with E-state index in [1.807, 2.05) is 31.2 Å². The van der Waals surface area contributed by atoms with Crippen molar-refractivity contribution in [3.63, 3.8) is 0 Å². The van der Waals surface area contributed by atoms with E-state index < -0.39 is 16.1 Å². The number of likely N-dealkylation sites (N-methyl/N-ethyl adjacent to an activating group) is 1. The van der Waals surface area contributed by atoms with Crippen LogP contribution in [0.4, 0.5) is 0 Å². The molecule has 1 unspecified atom stereocenters. The first kappa shape index (κ1) is 17.6. The smallest absolute Gasteiger partial charge is 0.244 e. The molecule has 1 atom stereocenters. The molecule has 0 bridgehead atoms. The van der Waals surface area contributed by atoms with Gasteiger partial charge in [0.05, 0.1) is 4.90 Å². The summed E-state index contributed by atoms with van der Waals surface area (Å²) < 4.78 is 27.7. The normalized spacial score (nSPS) is 17.8. The van der Waals surface area contributed by atoms with Crippen molar-refractivity contribution < 1.29 is 13.2 Å². The summed E-state index contributed by atoms with van der Waals surface area (Å²) in [6.07, 6.45) is 0.387. The maximum Gasteiger partial charge on any atom is 0.244 e. The molecule has 5 nitrogen and oxygen atoms in total. The summed E-state index contributed by atoms with van der Waals surface area (Å²) >= 11 is 0. The Labute approximate surface area is 148 Å². The quantitative estimate of drug-likeness (QED) is 0.845. The second-order valence-electron chi connectivity index (χ2n) is 6.58. The van der Waals surface area contributed by atoms with E-state index in [0.717, 1.165) is 16.7 Å². The zero-order valence-corrected chi connectivity index (χ0v) is 15.5. The third-order valence-corrected chi connectivity index (χ3v) is 6.43. The van der Waals surface area contributed by atoms with E-state index >= 15 is 0 Å². The van der Waals surface area contributed by atoms with E-state index in [4.69, 9.17) is 0 Å². The second kappa shape index (κ2) is 6.61. The number of amides is 1. The lowest BCUT2D eigenvalue weighted by Gasteiger charge is -2.36. The van der Waals surface area contributed by atoms with Crippen LogP contribution in [0.3, 0.4) is 0 Å². The lowest BCUT2D eigenvalue weighted by molar-refractivity contribution is -0.133. The minimum Gasteiger partial charge on any atom is -0.347 e. The molecule has 3 rings (SSSR count). The van der Waals surface area contributed by atoms with Gasteiger partial charge in [-0.15, -0.1) is 0 Å². The highest BCUT2D eigenvalue weighted by atomic mass is 32.2. The van der Waals surface area contributed by atoms with Crippen LogP contribution in [-0.2, 0) is 27.8 Å². The van der Waals surface area contributed by atoms with Gasteiger partial charge < -0.3 is 4.90 Å². The van der Waals surface area contributed by atoms with Crippen LogP contribution in [0.1, 0.15) is 16.7 Å². The molecule has 1 aliphatic rings. The number of nitrogens with zero attached hydrogens (tertiary/aromatic N) is 2. The molecule has 2 aromatic rings. The first-order chi connectivity index (χ1) is 11.8. The molecule has 0 radical (unpaired) electrons. The zero-order valence-electron chi connectivity index (χ0n) is 14.6. The third-order valence-electron chi connectivity index (χ3n) is 4.56. The van der Waals surface area contributed by atoms with Crippen molar-refractivity contribution in [1.29, 1.82) is 0 Å². The molecule has 1 amide bonds. The summed E-state index contributed by atoms with van der Waals surface area (Å²) in [5.74, 6) is -0.204. The molecule has 0 saturated heterocycles. The minimum absolute atomic E-state index is 0.204. The van der Waals surface area contributed by atoms with Crippen LogP contribution in [0, 0.1) is 6.92 Å². The predicted molar refractivity (Wildman–Crippen MR) is 96.5 cm³/mol. The van der Waals surface area contributed by atoms with Crippen molar-refractivity contribution in [3.8, 4) is 0 Å². The van der Waals surface area contributed by atoms with E-state index in [1.165, 1.54) is 9.21 Å². The molecular formula is C19H22N2O3S. The Bertz CT molecular complexity index is 889. The van der Waals surface area contributed by atoms with Crippen molar-refractivity contribution in [2.75, 3.05) is 14.1 Å². The fourth-order valence-corrected chi connectivity index (χ4v) is 4.67. The van der Waals surface area contributed by atoms with Crippen molar-refractivity contribution in [1.82, 2.24) is 9.21 Å². The van der Waals surface area contributed by atoms with E-state index in [9.17, 15) is 13.2 Å². The summed E-state index contributed by atoms with van der Waals surface area (Å²) in [5, 5.41) is 0. The summed E-state index contributed by atoms with van der Waals surface area (Å²) in [7, 11) is -0.459. The van der Waals surface area contributed by atoms with Crippen LogP contribution in [0.25, 0.3) is 0 Å². The fraction of sp³-hybridized carbons (Fsp3) is 0.316. The fourth-order valence-electron chi connectivity index (χ4n) is 3.11. The highest BCUT2D eigenvalue weighted by Gasteiger charge is 2.40. The highest BCUT2D eigenvalue weighted by Crippen LogP contribution is 2.29. The Morgan fingerprint density at radius 2 is 1.64 bits per heavy atom. The number of carbonyl (C=O) groups excluding carboxylic acids is 1. The van der Waals surface area contributed by atoms with Crippen molar-refractivity contribution in [2.45, 2.75) is 30.8 Å². The summed E-state index contributed by atoms with van der Waals surface area (Å²) in [6, 6.07) is 13.7. The molecule has 1 aliphatic heterocycles. The molecule has 0 spiro atoms. The molecule has 0 N–H and O–H groups in total. The van der Waals surface area contributed by atoms with Crippen LogP contribution in [0.15, 0.2) is 53.4 Å². The summed E-state index contributed by atoms with van der Waals surface area (Å²) in [4.78, 5) is 14.3. The molecule has 0 aromatic heterocycles. The Balaban J connectivity index is 2.07. The standard InChI is InChI=1S/C19H22N2O3S/c1-14-8-10-17(11-9-14)25(23,24)21-13-16-7-5-4-6-15(16)12-18(21)19(22)20(2)3/h4-11,18H,12-13H2,1-3H3. The first-order valence-corrected chi connectivity index (χ1v) is 9.61. The molecule has 0 saturated carbocycles. The van der Waals surface area contributed by atoms with Gasteiger partial charge in [-0.05, 0) is 36.6 Å². The molecule has 0 aliphatic carbocycles. The van der Waals surface area contributed by atoms with Gasteiger partial charge >= 0.3 is 0 Å². The Morgan fingerprint density at radius 3 is 2.24 bits per heavy atom. The lowest BCUT2D eigenvalue weighted by Crippen LogP contribution is -2.52. The monoisotopic (exact) mass is 358 g/mol. The van der Waals surface area contributed by atoms with Gasteiger partial charge in [-0.2, -0.15) is 4.31 Å². The van der Waals surface area contributed by atoms with Crippen LogP contribution in [0.2, 0.25) is 0 Å². The van der Waals surface area contributed by atoms with Gasteiger partial charge in [0.15, 0.2) is 0 Å².